The molecule has 0 bridgehead atoms. The van der Waals surface area contributed by atoms with E-state index in [1.165, 1.54) is 0 Å². The molecule has 3 heteroatoms. The molecule has 1 fully saturated rings. The molecule has 70 valence electrons. The van der Waals surface area contributed by atoms with Crippen LogP contribution in [0.15, 0.2) is 24.4 Å². The molecule has 0 spiro atoms. The molecule has 3 nitrogen and oxygen atoms in total. The van der Waals surface area contributed by atoms with E-state index in [2.05, 4.69) is 17.2 Å². The third kappa shape index (κ3) is 2.05. The van der Waals surface area contributed by atoms with Gasteiger partial charge in [-0.2, -0.15) is 0 Å². The Morgan fingerprint density at radius 1 is 1.46 bits per heavy atom. The molecular formula is C10H14N2O. The van der Waals surface area contributed by atoms with Crippen molar-refractivity contribution in [3.63, 3.8) is 0 Å². The average molecular weight is 178 g/mol. The van der Waals surface area contributed by atoms with Gasteiger partial charge in [0.2, 0.25) is 0 Å². The third-order valence-electron chi connectivity index (χ3n) is 2.18. The van der Waals surface area contributed by atoms with E-state index < -0.39 is 0 Å². The van der Waals surface area contributed by atoms with Crippen LogP contribution in [-0.2, 0) is 4.74 Å². The zero-order valence-electron chi connectivity index (χ0n) is 7.73. The number of hydrogen-bond donors (Lipinski definition) is 1. The Morgan fingerprint density at radius 3 is 3.08 bits per heavy atom. The normalized spacial score (nSPS) is 28.7. The van der Waals surface area contributed by atoms with E-state index in [0.29, 0.717) is 0 Å². The summed E-state index contributed by atoms with van der Waals surface area (Å²) in [5, 5.41) is 3.32. The van der Waals surface area contributed by atoms with Gasteiger partial charge in [-0.15, -0.1) is 0 Å². The first-order valence-electron chi connectivity index (χ1n) is 4.63. The van der Waals surface area contributed by atoms with Gasteiger partial charge in [0.25, 0.3) is 0 Å². The third-order valence-corrected chi connectivity index (χ3v) is 2.18. The molecule has 1 N–H and O–H groups in total. The number of aromatic nitrogens is 1. The highest BCUT2D eigenvalue weighted by Gasteiger charge is 2.20. The minimum atomic E-state index is 0.116. The number of pyridine rings is 1. The van der Waals surface area contributed by atoms with Crippen LogP contribution in [0.4, 0.5) is 0 Å². The summed E-state index contributed by atoms with van der Waals surface area (Å²) in [4.78, 5) is 4.27. The summed E-state index contributed by atoms with van der Waals surface area (Å²) in [6.07, 6.45) is 2.20. The summed E-state index contributed by atoms with van der Waals surface area (Å²) in [6, 6.07) is 5.92. The van der Waals surface area contributed by atoms with Crippen LogP contribution >= 0.6 is 0 Å². The molecule has 2 heterocycles. The van der Waals surface area contributed by atoms with Gasteiger partial charge < -0.3 is 10.1 Å². The second kappa shape index (κ2) is 3.85. The molecule has 1 aliphatic heterocycles. The first kappa shape index (κ1) is 8.66. The SMILES string of the molecule is CC1CNCC(c2ccccn2)O1. The van der Waals surface area contributed by atoms with Gasteiger partial charge in [0.15, 0.2) is 0 Å². The van der Waals surface area contributed by atoms with Gasteiger partial charge in [-0.05, 0) is 19.1 Å². The monoisotopic (exact) mass is 178 g/mol. The predicted molar refractivity (Wildman–Crippen MR) is 50.4 cm³/mol. The van der Waals surface area contributed by atoms with Gasteiger partial charge in [0, 0.05) is 19.3 Å². The zero-order chi connectivity index (χ0) is 9.10. The van der Waals surface area contributed by atoms with Gasteiger partial charge in [0.05, 0.1) is 11.8 Å². The van der Waals surface area contributed by atoms with Crippen molar-refractivity contribution in [2.45, 2.75) is 19.1 Å². The highest BCUT2D eigenvalue weighted by atomic mass is 16.5. The van der Waals surface area contributed by atoms with E-state index in [1.807, 2.05) is 18.2 Å². The van der Waals surface area contributed by atoms with Gasteiger partial charge in [0.1, 0.15) is 6.10 Å². The van der Waals surface area contributed by atoms with Crippen molar-refractivity contribution in [1.82, 2.24) is 10.3 Å². The summed E-state index contributed by atoms with van der Waals surface area (Å²) in [5.41, 5.74) is 1.02. The number of hydrogen-bond acceptors (Lipinski definition) is 3. The Bertz CT molecular complexity index is 263. The van der Waals surface area contributed by atoms with Crippen LogP contribution < -0.4 is 5.32 Å². The lowest BCUT2D eigenvalue weighted by atomic mass is 10.2. The highest BCUT2D eigenvalue weighted by Crippen LogP contribution is 2.18. The van der Waals surface area contributed by atoms with Gasteiger partial charge in [-0.25, -0.2) is 0 Å². The minimum absolute atomic E-state index is 0.116. The second-order valence-corrected chi connectivity index (χ2v) is 3.35. The quantitative estimate of drug-likeness (QED) is 0.700. The number of nitrogens with one attached hydrogen (secondary N) is 1. The molecule has 2 atom stereocenters. The molecule has 2 rings (SSSR count). The van der Waals surface area contributed by atoms with Gasteiger partial charge >= 0.3 is 0 Å². The number of rotatable bonds is 1. The van der Waals surface area contributed by atoms with E-state index in [-0.39, 0.29) is 12.2 Å². The lowest BCUT2D eigenvalue weighted by Gasteiger charge is -2.28. The fourth-order valence-electron chi connectivity index (χ4n) is 1.54. The summed E-state index contributed by atoms with van der Waals surface area (Å²) in [6.45, 7) is 3.87. The summed E-state index contributed by atoms with van der Waals surface area (Å²) >= 11 is 0. The van der Waals surface area contributed by atoms with E-state index in [0.717, 1.165) is 18.8 Å². The van der Waals surface area contributed by atoms with Crippen LogP contribution in [0, 0.1) is 0 Å². The maximum atomic E-state index is 5.75. The van der Waals surface area contributed by atoms with E-state index in [9.17, 15) is 0 Å². The highest BCUT2D eigenvalue weighted by molar-refractivity contribution is 5.08. The predicted octanol–water partition coefficient (Wildman–Crippen LogP) is 1.13. The van der Waals surface area contributed by atoms with Crippen molar-refractivity contribution in [3.8, 4) is 0 Å². The molecule has 1 aromatic rings. The van der Waals surface area contributed by atoms with Crippen molar-refractivity contribution in [2.24, 2.45) is 0 Å². The molecule has 0 aromatic carbocycles. The van der Waals surface area contributed by atoms with E-state index >= 15 is 0 Å². The fraction of sp³-hybridized carbons (Fsp3) is 0.500. The summed E-state index contributed by atoms with van der Waals surface area (Å²) < 4.78 is 5.75. The maximum absolute atomic E-state index is 5.75. The molecule has 0 aliphatic carbocycles. The summed E-state index contributed by atoms with van der Waals surface area (Å²) in [5.74, 6) is 0. The van der Waals surface area contributed by atoms with Crippen molar-refractivity contribution < 1.29 is 4.74 Å². The lowest BCUT2D eigenvalue weighted by Crippen LogP contribution is -2.39. The number of morpholine rings is 1. The topological polar surface area (TPSA) is 34.2 Å². The number of nitrogens with zero attached hydrogens (tertiary/aromatic N) is 1. The van der Waals surface area contributed by atoms with Crippen molar-refractivity contribution in [1.29, 1.82) is 0 Å². The van der Waals surface area contributed by atoms with Crippen LogP contribution in [0.1, 0.15) is 18.7 Å². The van der Waals surface area contributed by atoms with Crippen LogP contribution in [0.5, 0.6) is 0 Å². The molecule has 1 aliphatic rings. The maximum Gasteiger partial charge on any atom is 0.112 e. The van der Waals surface area contributed by atoms with Crippen LogP contribution in [-0.4, -0.2) is 24.2 Å². The molecule has 0 saturated carbocycles. The molecule has 1 saturated heterocycles. The van der Waals surface area contributed by atoms with Crippen molar-refractivity contribution >= 4 is 0 Å². The fourth-order valence-corrected chi connectivity index (χ4v) is 1.54. The van der Waals surface area contributed by atoms with E-state index in [4.69, 9.17) is 4.74 Å². The number of ether oxygens (including phenoxy) is 1. The van der Waals surface area contributed by atoms with Gasteiger partial charge in [-0.1, -0.05) is 6.07 Å². The summed E-state index contributed by atoms with van der Waals surface area (Å²) in [7, 11) is 0. The standard InChI is InChI=1S/C10H14N2O/c1-8-6-11-7-10(13-8)9-4-2-3-5-12-9/h2-5,8,10-11H,6-7H2,1H3. The first-order chi connectivity index (χ1) is 6.36. The Hall–Kier alpha value is -0.930. The smallest absolute Gasteiger partial charge is 0.112 e. The van der Waals surface area contributed by atoms with E-state index in [1.54, 1.807) is 6.20 Å². The molecular weight excluding hydrogens is 164 g/mol. The van der Waals surface area contributed by atoms with Gasteiger partial charge in [-0.3, -0.25) is 4.98 Å². The largest absolute Gasteiger partial charge is 0.366 e. The lowest BCUT2D eigenvalue weighted by molar-refractivity contribution is -0.0308. The van der Waals surface area contributed by atoms with Crippen LogP contribution in [0.2, 0.25) is 0 Å². The first-order valence-corrected chi connectivity index (χ1v) is 4.63. The van der Waals surface area contributed by atoms with Crippen molar-refractivity contribution in [3.05, 3.63) is 30.1 Å². The molecule has 2 unspecified atom stereocenters. The molecule has 0 radical (unpaired) electrons. The van der Waals surface area contributed by atoms with Crippen molar-refractivity contribution in [2.75, 3.05) is 13.1 Å². The molecule has 0 amide bonds. The Kier molecular flexibility index (Phi) is 2.57. The Morgan fingerprint density at radius 2 is 2.38 bits per heavy atom. The molecule has 1 aromatic heterocycles. The average Bonchev–Trinajstić information content (AvgIpc) is 2.19. The molecule has 13 heavy (non-hydrogen) atoms. The zero-order valence-corrected chi connectivity index (χ0v) is 7.73. The second-order valence-electron chi connectivity index (χ2n) is 3.35. The minimum Gasteiger partial charge on any atom is -0.366 e. The Labute approximate surface area is 78.1 Å². The van der Waals surface area contributed by atoms with Crippen LogP contribution in [0.3, 0.4) is 0 Å². The Balaban J connectivity index is 2.08. The van der Waals surface area contributed by atoms with Crippen LogP contribution in [0.25, 0.3) is 0 Å².